The number of carbonyl (C=O) groups is 1. The number of anilines is 1. The lowest BCUT2D eigenvalue weighted by Gasteiger charge is -2.09. The predicted octanol–water partition coefficient (Wildman–Crippen LogP) is 5.09. The van der Waals surface area contributed by atoms with Crippen molar-refractivity contribution >= 4 is 22.9 Å². The Balaban J connectivity index is 1.57. The number of carbonyl (C=O) groups excluding carboxylic acids is 1. The van der Waals surface area contributed by atoms with Crippen molar-refractivity contribution in [3.8, 4) is 22.0 Å². The van der Waals surface area contributed by atoms with Crippen LogP contribution in [0.3, 0.4) is 0 Å². The van der Waals surface area contributed by atoms with Crippen molar-refractivity contribution in [3.05, 3.63) is 76.8 Å². The first kappa shape index (κ1) is 19.8. The van der Waals surface area contributed by atoms with E-state index in [0.29, 0.717) is 5.56 Å². The molecule has 0 saturated heterocycles. The van der Waals surface area contributed by atoms with E-state index in [9.17, 15) is 4.79 Å². The van der Waals surface area contributed by atoms with Gasteiger partial charge < -0.3 is 5.32 Å². The van der Waals surface area contributed by atoms with Crippen LogP contribution in [-0.2, 0) is 6.42 Å². The number of aromatic nitrogens is 4. The highest BCUT2D eigenvalue weighted by atomic mass is 32.1. The van der Waals surface area contributed by atoms with Crippen LogP contribution in [0.15, 0.2) is 55.1 Å². The van der Waals surface area contributed by atoms with Crippen LogP contribution in [0.25, 0.3) is 22.0 Å². The Morgan fingerprint density at radius 1 is 1.07 bits per heavy atom. The molecule has 0 saturated carbocycles. The van der Waals surface area contributed by atoms with Gasteiger partial charge in [-0.2, -0.15) is 0 Å². The molecule has 1 amide bonds. The monoisotopic (exact) mass is 415 g/mol. The van der Waals surface area contributed by atoms with Gasteiger partial charge in [-0.1, -0.05) is 19.1 Å². The van der Waals surface area contributed by atoms with Crippen LogP contribution in [0.1, 0.15) is 33.4 Å². The van der Waals surface area contributed by atoms with Crippen molar-refractivity contribution in [1.82, 2.24) is 19.9 Å². The molecular weight excluding hydrogens is 394 g/mol. The van der Waals surface area contributed by atoms with Gasteiger partial charge in [0.1, 0.15) is 10.7 Å². The van der Waals surface area contributed by atoms with Crippen molar-refractivity contribution in [1.29, 1.82) is 0 Å². The maximum atomic E-state index is 12.6. The molecule has 0 atom stereocenters. The fraction of sp³-hybridized carbons (Fsp3) is 0.174. The summed E-state index contributed by atoms with van der Waals surface area (Å²) in [5.41, 5.74) is 5.88. The van der Waals surface area contributed by atoms with Gasteiger partial charge in [0.05, 0.1) is 23.8 Å². The molecule has 0 aliphatic heterocycles. The number of nitrogens with zero attached hydrogens (tertiary/aromatic N) is 4. The normalized spacial score (nSPS) is 10.8. The van der Waals surface area contributed by atoms with Gasteiger partial charge in [0, 0.05) is 34.1 Å². The zero-order valence-corrected chi connectivity index (χ0v) is 17.8. The molecule has 0 spiro atoms. The third-order valence-corrected chi connectivity index (χ3v) is 5.94. The molecule has 0 bridgehead atoms. The lowest BCUT2D eigenvalue weighted by molar-refractivity contribution is 0.102. The Kier molecular flexibility index (Phi) is 5.63. The number of hydrogen-bond donors (Lipinski definition) is 1. The second kappa shape index (κ2) is 8.51. The molecule has 3 heterocycles. The summed E-state index contributed by atoms with van der Waals surface area (Å²) in [6.07, 6.45) is 7.59. The molecule has 0 aliphatic carbocycles. The van der Waals surface area contributed by atoms with Crippen LogP contribution in [0.4, 0.5) is 5.69 Å². The molecule has 7 heteroatoms. The first-order chi connectivity index (χ1) is 14.5. The van der Waals surface area contributed by atoms with Gasteiger partial charge in [-0.3, -0.25) is 19.7 Å². The van der Waals surface area contributed by atoms with Crippen molar-refractivity contribution in [2.75, 3.05) is 5.32 Å². The maximum absolute atomic E-state index is 12.6. The van der Waals surface area contributed by atoms with Crippen LogP contribution in [-0.4, -0.2) is 25.8 Å². The second-order valence-corrected chi connectivity index (χ2v) is 7.99. The van der Waals surface area contributed by atoms with E-state index >= 15 is 0 Å². The van der Waals surface area contributed by atoms with Gasteiger partial charge in [0.25, 0.3) is 5.91 Å². The molecule has 0 radical (unpaired) electrons. The highest BCUT2D eigenvalue weighted by Crippen LogP contribution is 2.33. The molecule has 150 valence electrons. The number of rotatable bonds is 5. The summed E-state index contributed by atoms with van der Waals surface area (Å²) in [5, 5.41) is 3.78. The van der Waals surface area contributed by atoms with E-state index in [2.05, 4.69) is 27.2 Å². The van der Waals surface area contributed by atoms with Gasteiger partial charge in [-0.15, -0.1) is 11.3 Å². The third-order valence-electron chi connectivity index (χ3n) is 4.72. The topological polar surface area (TPSA) is 80.7 Å². The van der Waals surface area contributed by atoms with Crippen LogP contribution in [0.5, 0.6) is 0 Å². The molecule has 1 aromatic carbocycles. The number of nitrogens with one attached hydrogen (secondary N) is 1. The zero-order chi connectivity index (χ0) is 21.1. The van der Waals surface area contributed by atoms with E-state index in [4.69, 9.17) is 4.98 Å². The number of pyridine rings is 1. The molecule has 0 fully saturated rings. The number of aryl methyl sites for hydroxylation is 3. The average molecular weight is 416 g/mol. The first-order valence-electron chi connectivity index (χ1n) is 9.66. The minimum atomic E-state index is -0.162. The summed E-state index contributed by atoms with van der Waals surface area (Å²) in [4.78, 5) is 31.3. The number of benzene rings is 1. The van der Waals surface area contributed by atoms with Gasteiger partial charge >= 0.3 is 0 Å². The molecule has 1 N–H and O–H groups in total. The van der Waals surface area contributed by atoms with Crippen LogP contribution < -0.4 is 5.32 Å². The van der Waals surface area contributed by atoms with E-state index in [1.54, 1.807) is 36.1 Å². The number of hydrogen-bond acceptors (Lipinski definition) is 6. The Hall–Kier alpha value is -3.45. The molecule has 6 nitrogen and oxygen atoms in total. The Labute approximate surface area is 179 Å². The Morgan fingerprint density at radius 3 is 2.53 bits per heavy atom. The fourth-order valence-electron chi connectivity index (χ4n) is 3.14. The Bertz CT molecular complexity index is 1190. The minimum Gasteiger partial charge on any atom is -0.320 e. The molecule has 3 aromatic heterocycles. The van der Waals surface area contributed by atoms with Crippen molar-refractivity contribution in [3.63, 3.8) is 0 Å². The minimum absolute atomic E-state index is 0.162. The van der Waals surface area contributed by atoms with Crippen molar-refractivity contribution in [2.24, 2.45) is 0 Å². The van der Waals surface area contributed by atoms with Gasteiger partial charge in [0.15, 0.2) is 0 Å². The lowest BCUT2D eigenvalue weighted by atomic mass is 10.1. The highest BCUT2D eigenvalue weighted by molar-refractivity contribution is 7.15. The van der Waals surface area contributed by atoms with Crippen LogP contribution >= 0.6 is 11.3 Å². The fourth-order valence-corrected chi connectivity index (χ4v) is 4.12. The van der Waals surface area contributed by atoms with Crippen LogP contribution in [0, 0.1) is 13.8 Å². The largest absolute Gasteiger partial charge is 0.320 e. The molecule has 0 aliphatic rings. The van der Waals surface area contributed by atoms with Gasteiger partial charge in [-0.05, 0) is 44.0 Å². The summed E-state index contributed by atoms with van der Waals surface area (Å²) < 4.78 is 0. The summed E-state index contributed by atoms with van der Waals surface area (Å²) in [7, 11) is 0. The zero-order valence-electron chi connectivity index (χ0n) is 17.0. The highest BCUT2D eigenvalue weighted by Gasteiger charge is 2.15. The van der Waals surface area contributed by atoms with E-state index < -0.39 is 0 Å². The summed E-state index contributed by atoms with van der Waals surface area (Å²) in [6.45, 7) is 5.99. The SMILES string of the molecule is CCc1sc(-c2cnccn2)nc1-c1ccc(C(=O)Nc2cnc(C)cc2C)cc1. The Morgan fingerprint density at radius 2 is 1.87 bits per heavy atom. The first-order valence-corrected chi connectivity index (χ1v) is 10.5. The number of amides is 1. The van der Waals surface area contributed by atoms with E-state index in [0.717, 1.165) is 45.3 Å². The third kappa shape index (κ3) is 4.11. The van der Waals surface area contributed by atoms with E-state index in [1.807, 2.05) is 44.2 Å². The summed E-state index contributed by atoms with van der Waals surface area (Å²) in [5.74, 6) is -0.162. The van der Waals surface area contributed by atoms with Crippen LogP contribution in [0.2, 0.25) is 0 Å². The number of thiazole rings is 1. The maximum Gasteiger partial charge on any atom is 0.255 e. The molecular formula is C23H21N5OS. The van der Waals surface area contributed by atoms with E-state index in [1.165, 1.54) is 4.88 Å². The smallest absolute Gasteiger partial charge is 0.255 e. The average Bonchev–Trinajstić information content (AvgIpc) is 3.21. The molecule has 4 aromatic rings. The summed E-state index contributed by atoms with van der Waals surface area (Å²) >= 11 is 1.62. The predicted molar refractivity (Wildman–Crippen MR) is 120 cm³/mol. The summed E-state index contributed by atoms with van der Waals surface area (Å²) in [6, 6.07) is 9.46. The molecule has 30 heavy (non-hydrogen) atoms. The standard InChI is InChI=1S/C23H21N5OS/c1-4-20-21(28-23(30-20)19-12-24-9-10-25-19)16-5-7-17(8-6-16)22(29)27-18-13-26-15(3)11-14(18)2/h5-13H,4H2,1-3H3,(H,27,29). The van der Waals surface area contributed by atoms with Crippen molar-refractivity contribution in [2.45, 2.75) is 27.2 Å². The quantitative estimate of drug-likeness (QED) is 0.491. The molecule has 4 rings (SSSR count). The van der Waals surface area contributed by atoms with Crippen molar-refractivity contribution < 1.29 is 4.79 Å². The molecule has 0 unspecified atom stereocenters. The lowest BCUT2D eigenvalue weighted by Crippen LogP contribution is -2.13. The van der Waals surface area contributed by atoms with E-state index in [-0.39, 0.29) is 5.91 Å². The van der Waals surface area contributed by atoms with Gasteiger partial charge in [0.2, 0.25) is 0 Å². The second-order valence-electron chi connectivity index (χ2n) is 6.91. The van der Waals surface area contributed by atoms with Gasteiger partial charge in [-0.25, -0.2) is 4.98 Å².